The highest BCUT2D eigenvalue weighted by Gasteiger charge is 2.25. The lowest BCUT2D eigenvalue weighted by Crippen LogP contribution is -2.14. The van der Waals surface area contributed by atoms with E-state index in [-0.39, 0.29) is 6.10 Å². The molecule has 3 nitrogen and oxygen atoms in total. The van der Waals surface area contributed by atoms with Crippen LogP contribution in [0.4, 0.5) is 0 Å². The fraction of sp³-hybridized carbons (Fsp3) is 0.647. The summed E-state index contributed by atoms with van der Waals surface area (Å²) in [6.45, 7) is 7.76. The van der Waals surface area contributed by atoms with Gasteiger partial charge in [-0.1, -0.05) is 20.8 Å². The summed E-state index contributed by atoms with van der Waals surface area (Å²) in [6, 6.07) is 4.05. The zero-order valence-electron chi connectivity index (χ0n) is 12.8. The molecule has 0 bridgehead atoms. The molecule has 0 saturated heterocycles. The molecule has 20 heavy (non-hydrogen) atoms. The van der Waals surface area contributed by atoms with Crippen molar-refractivity contribution < 1.29 is 14.6 Å². The van der Waals surface area contributed by atoms with Crippen LogP contribution in [-0.2, 0) is 0 Å². The zero-order valence-corrected chi connectivity index (χ0v) is 12.8. The second kappa shape index (κ2) is 6.98. The van der Waals surface area contributed by atoms with Crippen molar-refractivity contribution in [3.8, 4) is 11.5 Å². The molecule has 0 saturated carbocycles. The molecular weight excluding hydrogens is 252 g/mol. The fourth-order valence-corrected chi connectivity index (χ4v) is 2.68. The number of hydrogen-bond acceptors (Lipinski definition) is 3. The van der Waals surface area contributed by atoms with E-state index in [9.17, 15) is 5.11 Å². The Hall–Kier alpha value is -1.22. The molecule has 112 valence electrons. The molecule has 0 spiro atoms. The fourth-order valence-electron chi connectivity index (χ4n) is 2.68. The van der Waals surface area contributed by atoms with Gasteiger partial charge in [0.15, 0.2) is 11.5 Å². The third-order valence-corrected chi connectivity index (χ3v) is 3.84. The van der Waals surface area contributed by atoms with Crippen molar-refractivity contribution in [3.05, 3.63) is 23.3 Å². The first kappa shape index (κ1) is 15.2. The van der Waals surface area contributed by atoms with Crippen molar-refractivity contribution in [2.45, 2.75) is 58.5 Å². The lowest BCUT2D eigenvalue weighted by atomic mass is 9.82. The number of fused-ring (bicyclic) bond motifs is 1. The number of benzene rings is 1. The van der Waals surface area contributed by atoms with Gasteiger partial charge in [0.1, 0.15) is 0 Å². The van der Waals surface area contributed by atoms with E-state index in [1.807, 2.05) is 6.07 Å². The predicted molar refractivity (Wildman–Crippen MR) is 80.6 cm³/mol. The summed E-state index contributed by atoms with van der Waals surface area (Å²) in [5.41, 5.74) is 2.22. The summed E-state index contributed by atoms with van der Waals surface area (Å²) in [6.07, 6.45) is 3.42. The minimum atomic E-state index is -0.370. The third-order valence-electron chi connectivity index (χ3n) is 3.84. The normalized spacial score (nSPS) is 21.4. The molecule has 1 aromatic rings. The van der Waals surface area contributed by atoms with Gasteiger partial charge in [0.2, 0.25) is 0 Å². The molecule has 1 aromatic carbocycles. The van der Waals surface area contributed by atoms with E-state index >= 15 is 0 Å². The Balaban J connectivity index is 2.35. The van der Waals surface area contributed by atoms with Crippen LogP contribution in [0.3, 0.4) is 0 Å². The van der Waals surface area contributed by atoms with Crippen LogP contribution in [-0.4, -0.2) is 18.3 Å². The molecule has 0 amide bonds. The minimum Gasteiger partial charge on any atom is -0.490 e. The second-order valence-corrected chi connectivity index (χ2v) is 5.62. The smallest absolute Gasteiger partial charge is 0.161 e. The zero-order chi connectivity index (χ0) is 14.5. The van der Waals surface area contributed by atoms with Crippen LogP contribution in [0.5, 0.6) is 11.5 Å². The summed E-state index contributed by atoms with van der Waals surface area (Å²) < 4.78 is 11.6. The first-order valence-corrected chi connectivity index (χ1v) is 7.78. The monoisotopic (exact) mass is 278 g/mol. The Bertz CT molecular complexity index is 401. The molecule has 2 rings (SSSR count). The second-order valence-electron chi connectivity index (χ2n) is 5.62. The molecule has 0 fully saturated rings. The molecule has 0 heterocycles. The van der Waals surface area contributed by atoms with Gasteiger partial charge < -0.3 is 14.6 Å². The SMILES string of the molecule is CCCOc1cc2c(cc1OCCC)C(O)CCC2C. The van der Waals surface area contributed by atoms with E-state index in [4.69, 9.17) is 9.47 Å². The maximum absolute atomic E-state index is 10.2. The van der Waals surface area contributed by atoms with Crippen LogP contribution < -0.4 is 9.47 Å². The van der Waals surface area contributed by atoms with Gasteiger partial charge in [-0.05, 0) is 54.9 Å². The van der Waals surface area contributed by atoms with Crippen LogP contribution in [0.2, 0.25) is 0 Å². The van der Waals surface area contributed by atoms with Gasteiger partial charge >= 0.3 is 0 Å². The average molecular weight is 278 g/mol. The molecule has 0 aromatic heterocycles. The highest BCUT2D eigenvalue weighted by Crippen LogP contribution is 2.43. The number of rotatable bonds is 6. The van der Waals surface area contributed by atoms with Gasteiger partial charge in [-0.15, -0.1) is 0 Å². The highest BCUT2D eigenvalue weighted by molar-refractivity contribution is 5.50. The topological polar surface area (TPSA) is 38.7 Å². The molecule has 1 aliphatic carbocycles. The van der Waals surface area contributed by atoms with Crippen molar-refractivity contribution in [1.82, 2.24) is 0 Å². The van der Waals surface area contributed by atoms with Gasteiger partial charge in [0.25, 0.3) is 0 Å². The molecule has 3 heteroatoms. The maximum atomic E-state index is 10.2. The standard InChI is InChI=1S/C17H26O3/c1-4-8-19-16-10-13-12(3)6-7-15(18)14(13)11-17(16)20-9-5-2/h10-12,15,18H,4-9H2,1-3H3. The van der Waals surface area contributed by atoms with E-state index in [2.05, 4.69) is 26.8 Å². The van der Waals surface area contributed by atoms with Crippen molar-refractivity contribution in [1.29, 1.82) is 0 Å². The third kappa shape index (κ3) is 3.26. The number of ether oxygens (including phenoxy) is 2. The molecule has 0 aliphatic heterocycles. The first-order chi connectivity index (χ1) is 9.67. The van der Waals surface area contributed by atoms with Gasteiger partial charge in [0, 0.05) is 0 Å². The van der Waals surface area contributed by atoms with Gasteiger partial charge in [0.05, 0.1) is 19.3 Å². The number of hydrogen-bond donors (Lipinski definition) is 1. The summed E-state index contributed by atoms with van der Waals surface area (Å²) in [4.78, 5) is 0. The van der Waals surface area contributed by atoms with E-state index in [0.717, 1.165) is 42.7 Å². The Morgan fingerprint density at radius 3 is 2.10 bits per heavy atom. The lowest BCUT2D eigenvalue weighted by molar-refractivity contribution is 0.150. The highest BCUT2D eigenvalue weighted by atomic mass is 16.5. The first-order valence-electron chi connectivity index (χ1n) is 7.78. The van der Waals surface area contributed by atoms with Crippen molar-refractivity contribution in [3.63, 3.8) is 0 Å². The maximum Gasteiger partial charge on any atom is 0.161 e. The Labute approximate surface area is 121 Å². The summed E-state index contributed by atoms with van der Waals surface area (Å²) in [5.74, 6) is 2.06. The Morgan fingerprint density at radius 2 is 1.55 bits per heavy atom. The Kier molecular flexibility index (Phi) is 5.30. The van der Waals surface area contributed by atoms with Crippen LogP contribution in [0.1, 0.15) is 69.6 Å². The van der Waals surface area contributed by atoms with Crippen LogP contribution in [0, 0.1) is 0 Å². The van der Waals surface area contributed by atoms with Crippen molar-refractivity contribution >= 4 is 0 Å². The lowest BCUT2D eigenvalue weighted by Gasteiger charge is -2.28. The molecule has 2 unspecified atom stereocenters. The van der Waals surface area contributed by atoms with Gasteiger partial charge in [-0.3, -0.25) is 0 Å². The number of aliphatic hydroxyl groups excluding tert-OH is 1. The summed E-state index contributed by atoms with van der Waals surface area (Å²) >= 11 is 0. The summed E-state index contributed by atoms with van der Waals surface area (Å²) in [5, 5.41) is 10.2. The van der Waals surface area contributed by atoms with Gasteiger partial charge in [-0.2, -0.15) is 0 Å². The Morgan fingerprint density at radius 1 is 1.00 bits per heavy atom. The van der Waals surface area contributed by atoms with Crippen LogP contribution >= 0.6 is 0 Å². The average Bonchev–Trinajstić information content (AvgIpc) is 2.46. The van der Waals surface area contributed by atoms with Crippen LogP contribution in [0.15, 0.2) is 12.1 Å². The predicted octanol–water partition coefficient (Wildman–Crippen LogP) is 4.19. The molecule has 1 aliphatic rings. The molecule has 2 atom stereocenters. The van der Waals surface area contributed by atoms with Crippen LogP contribution in [0.25, 0.3) is 0 Å². The van der Waals surface area contributed by atoms with E-state index in [1.54, 1.807) is 0 Å². The quantitative estimate of drug-likeness (QED) is 0.847. The van der Waals surface area contributed by atoms with Crippen molar-refractivity contribution in [2.24, 2.45) is 0 Å². The summed E-state index contributed by atoms with van der Waals surface area (Å²) in [7, 11) is 0. The van der Waals surface area contributed by atoms with Gasteiger partial charge in [-0.25, -0.2) is 0 Å². The van der Waals surface area contributed by atoms with E-state index < -0.39 is 0 Å². The minimum absolute atomic E-state index is 0.370. The van der Waals surface area contributed by atoms with E-state index in [1.165, 1.54) is 5.56 Å². The molecule has 0 radical (unpaired) electrons. The molecular formula is C17H26O3. The molecule has 1 N–H and O–H groups in total. The van der Waals surface area contributed by atoms with Crippen molar-refractivity contribution in [2.75, 3.05) is 13.2 Å². The van der Waals surface area contributed by atoms with E-state index in [0.29, 0.717) is 19.1 Å². The largest absolute Gasteiger partial charge is 0.490 e. The number of aliphatic hydroxyl groups is 1.